The summed E-state index contributed by atoms with van der Waals surface area (Å²) in [5.74, 6) is 3.32. The number of rotatable bonds is 9. The third-order valence-corrected chi connectivity index (χ3v) is 6.34. The van der Waals surface area contributed by atoms with Crippen LogP contribution in [0.2, 0.25) is 0 Å². The molecule has 0 atom stereocenters. The third-order valence-electron chi connectivity index (χ3n) is 5.41. The number of anilines is 1. The smallest absolute Gasteiger partial charge is 0.234 e. The first-order chi connectivity index (χ1) is 17.6. The Bertz CT molecular complexity index is 1360. The van der Waals surface area contributed by atoms with Crippen LogP contribution in [-0.2, 0) is 11.4 Å². The predicted molar refractivity (Wildman–Crippen MR) is 135 cm³/mol. The number of nitrogens with one attached hydrogen (secondary N) is 1. The number of benzene rings is 3. The second-order valence-corrected chi connectivity index (χ2v) is 8.88. The topological polar surface area (TPSA) is 96.7 Å². The summed E-state index contributed by atoms with van der Waals surface area (Å²) in [6, 6.07) is 20.6. The minimum atomic E-state index is -0.180. The first-order valence-corrected chi connectivity index (χ1v) is 12.2. The van der Waals surface area contributed by atoms with Gasteiger partial charge in [0.25, 0.3) is 0 Å². The Labute approximate surface area is 212 Å². The number of hydrogen-bond acceptors (Lipinski definition) is 8. The van der Waals surface area contributed by atoms with Crippen LogP contribution in [-0.4, -0.2) is 40.3 Å². The van der Waals surface area contributed by atoms with Gasteiger partial charge in [0.1, 0.15) is 18.1 Å². The molecule has 0 aliphatic carbocycles. The lowest BCUT2D eigenvalue weighted by Crippen LogP contribution is -2.14. The van der Waals surface area contributed by atoms with Gasteiger partial charge in [0, 0.05) is 17.4 Å². The van der Waals surface area contributed by atoms with Gasteiger partial charge < -0.3 is 24.3 Å². The van der Waals surface area contributed by atoms with Crippen LogP contribution in [0.1, 0.15) is 11.4 Å². The van der Waals surface area contributed by atoms with Crippen LogP contribution in [0.3, 0.4) is 0 Å². The van der Waals surface area contributed by atoms with Crippen molar-refractivity contribution in [2.75, 3.05) is 25.0 Å². The second kappa shape index (κ2) is 10.6. The number of nitrogens with zero attached hydrogens (tertiary/aromatic N) is 3. The maximum absolute atomic E-state index is 12.7. The van der Waals surface area contributed by atoms with E-state index in [1.54, 1.807) is 25.3 Å². The van der Waals surface area contributed by atoms with Gasteiger partial charge in [-0.05, 0) is 55.5 Å². The van der Waals surface area contributed by atoms with E-state index < -0.39 is 0 Å². The van der Waals surface area contributed by atoms with Crippen molar-refractivity contribution in [3.05, 3.63) is 78.1 Å². The number of methoxy groups -OCH3 is 1. The third kappa shape index (κ3) is 5.38. The molecule has 1 N–H and O–H groups in total. The van der Waals surface area contributed by atoms with E-state index in [4.69, 9.17) is 18.9 Å². The summed E-state index contributed by atoms with van der Waals surface area (Å²) in [6.45, 7) is 2.42. The van der Waals surface area contributed by atoms with Crippen LogP contribution in [0, 0.1) is 6.92 Å². The van der Waals surface area contributed by atoms with E-state index in [2.05, 4.69) is 15.5 Å². The van der Waals surface area contributed by atoms with Gasteiger partial charge in [-0.1, -0.05) is 29.5 Å². The first-order valence-electron chi connectivity index (χ1n) is 11.2. The molecule has 0 radical (unpaired) electrons. The molecule has 9 nitrogen and oxygen atoms in total. The number of carbonyl (C=O) groups excluding carboxylic acids is 1. The number of carbonyl (C=O) groups is 1. The molecule has 1 amide bonds. The van der Waals surface area contributed by atoms with Crippen molar-refractivity contribution in [2.24, 2.45) is 0 Å². The Morgan fingerprint density at radius 1 is 1.00 bits per heavy atom. The molecular weight excluding hydrogens is 480 g/mol. The lowest BCUT2D eigenvalue weighted by atomic mass is 10.2. The lowest BCUT2D eigenvalue weighted by molar-refractivity contribution is -0.113. The van der Waals surface area contributed by atoms with Crippen LogP contribution in [0.4, 0.5) is 5.69 Å². The summed E-state index contributed by atoms with van der Waals surface area (Å²) in [5, 5.41) is 12.1. The van der Waals surface area contributed by atoms with Gasteiger partial charge in [-0.2, -0.15) is 0 Å². The fourth-order valence-electron chi connectivity index (χ4n) is 3.56. The predicted octanol–water partition coefficient (Wildman–Crippen LogP) is 4.62. The Morgan fingerprint density at radius 2 is 1.75 bits per heavy atom. The van der Waals surface area contributed by atoms with Crippen molar-refractivity contribution in [1.29, 1.82) is 0 Å². The van der Waals surface area contributed by atoms with E-state index in [-0.39, 0.29) is 25.1 Å². The molecule has 4 aromatic rings. The molecule has 2 heterocycles. The van der Waals surface area contributed by atoms with E-state index in [1.165, 1.54) is 11.8 Å². The van der Waals surface area contributed by atoms with Crippen LogP contribution in [0.5, 0.6) is 23.0 Å². The highest BCUT2D eigenvalue weighted by Gasteiger charge is 2.18. The number of aromatic nitrogens is 3. The zero-order valence-corrected chi connectivity index (χ0v) is 20.6. The summed E-state index contributed by atoms with van der Waals surface area (Å²) in [6.07, 6.45) is 0. The maximum atomic E-state index is 12.7. The van der Waals surface area contributed by atoms with Crippen molar-refractivity contribution < 1.29 is 23.7 Å². The quantitative estimate of drug-likeness (QED) is 0.330. The number of ether oxygens (including phenoxy) is 4. The monoisotopic (exact) mass is 504 g/mol. The molecule has 184 valence electrons. The zero-order valence-electron chi connectivity index (χ0n) is 19.8. The summed E-state index contributed by atoms with van der Waals surface area (Å²) < 4.78 is 23.8. The Hall–Kier alpha value is -4.18. The van der Waals surface area contributed by atoms with E-state index in [0.717, 1.165) is 22.7 Å². The fraction of sp³-hybridized carbons (Fsp3) is 0.192. The van der Waals surface area contributed by atoms with Crippen LogP contribution < -0.4 is 24.3 Å². The highest BCUT2D eigenvalue weighted by Crippen LogP contribution is 2.34. The van der Waals surface area contributed by atoms with Gasteiger partial charge in [-0.3, -0.25) is 9.36 Å². The van der Waals surface area contributed by atoms with Gasteiger partial charge in [0.15, 0.2) is 22.5 Å². The molecule has 0 fully saturated rings. The highest BCUT2D eigenvalue weighted by molar-refractivity contribution is 7.99. The van der Waals surface area contributed by atoms with Gasteiger partial charge >= 0.3 is 0 Å². The highest BCUT2D eigenvalue weighted by atomic mass is 32.2. The van der Waals surface area contributed by atoms with Gasteiger partial charge in [-0.15, -0.1) is 10.2 Å². The summed E-state index contributed by atoms with van der Waals surface area (Å²) >= 11 is 1.28. The van der Waals surface area contributed by atoms with Gasteiger partial charge in [-0.25, -0.2) is 0 Å². The molecule has 1 aromatic heterocycles. The molecule has 3 aromatic carbocycles. The number of fused-ring (bicyclic) bond motifs is 1. The Balaban J connectivity index is 1.31. The second-order valence-electron chi connectivity index (χ2n) is 7.94. The van der Waals surface area contributed by atoms with E-state index in [0.29, 0.717) is 28.2 Å². The number of aryl methyl sites for hydroxylation is 1. The Morgan fingerprint density at radius 3 is 2.53 bits per heavy atom. The number of amides is 1. The van der Waals surface area contributed by atoms with Crippen molar-refractivity contribution >= 4 is 23.4 Å². The molecule has 36 heavy (non-hydrogen) atoms. The summed E-state index contributed by atoms with van der Waals surface area (Å²) in [4.78, 5) is 12.7. The minimum Gasteiger partial charge on any atom is -0.497 e. The van der Waals surface area contributed by atoms with Crippen molar-refractivity contribution in [3.63, 3.8) is 0 Å². The van der Waals surface area contributed by atoms with Crippen LogP contribution in [0.15, 0.2) is 71.9 Å². The van der Waals surface area contributed by atoms with E-state index in [1.807, 2.05) is 60.0 Å². The number of hydrogen-bond donors (Lipinski definition) is 1. The van der Waals surface area contributed by atoms with Crippen molar-refractivity contribution in [1.82, 2.24) is 14.8 Å². The molecule has 1 aliphatic rings. The molecule has 0 unspecified atom stereocenters. The molecular formula is C26H24N4O5S. The normalized spacial score (nSPS) is 11.8. The van der Waals surface area contributed by atoms with Gasteiger partial charge in [0.2, 0.25) is 12.7 Å². The first kappa shape index (κ1) is 23.6. The van der Waals surface area contributed by atoms with E-state index >= 15 is 0 Å². The summed E-state index contributed by atoms with van der Waals surface area (Å²) in [5.41, 5.74) is 2.62. The zero-order chi connectivity index (χ0) is 24.9. The number of thioether (sulfide) groups is 1. The van der Waals surface area contributed by atoms with Crippen molar-refractivity contribution in [3.8, 4) is 28.7 Å². The van der Waals surface area contributed by atoms with Crippen LogP contribution >= 0.6 is 11.8 Å². The average Bonchev–Trinajstić information content (AvgIpc) is 3.54. The standard InChI is InChI=1S/C26H24N4O5S/c1-17-3-8-21(9-4-17)33-14-24-28-29-26(30(24)19-6-10-20(32-2)11-7-19)36-15-25(31)27-18-5-12-22-23(13-18)35-16-34-22/h3-13H,14-16H2,1-2H3,(H,27,31). The largest absolute Gasteiger partial charge is 0.497 e. The lowest BCUT2D eigenvalue weighted by Gasteiger charge is -2.12. The molecule has 0 saturated heterocycles. The Kier molecular flexibility index (Phi) is 6.94. The maximum Gasteiger partial charge on any atom is 0.234 e. The van der Waals surface area contributed by atoms with Gasteiger partial charge in [0.05, 0.1) is 12.9 Å². The average molecular weight is 505 g/mol. The van der Waals surface area contributed by atoms with Crippen molar-refractivity contribution in [2.45, 2.75) is 18.7 Å². The van der Waals surface area contributed by atoms with E-state index in [9.17, 15) is 4.79 Å². The minimum absolute atomic E-state index is 0.140. The molecule has 0 bridgehead atoms. The molecule has 0 saturated carbocycles. The molecule has 10 heteroatoms. The fourth-order valence-corrected chi connectivity index (χ4v) is 4.33. The SMILES string of the molecule is COc1ccc(-n2c(COc3ccc(C)cc3)nnc2SCC(=O)Nc2ccc3c(c2)OCO3)cc1. The van der Waals surface area contributed by atoms with Crippen LogP contribution in [0.25, 0.3) is 5.69 Å². The summed E-state index contributed by atoms with van der Waals surface area (Å²) in [7, 11) is 1.62. The molecule has 0 spiro atoms. The molecule has 5 rings (SSSR count). The molecule has 1 aliphatic heterocycles.